The number of hydrogen-bond donors (Lipinski definition) is 1. The van der Waals surface area contributed by atoms with Crippen molar-refractivity contribution in [2.45, 2.75) is 40.0 Å². The van der Waals surface area contributed by atoms with Crippen LogP contribution in [0.1, 0.15) is 42.3 Å². The molecule has 1 fully saturated rings. The van der Waals surface area contributed by atoms with Crippen molar-refractivity contribution in [3.8, 4) is 0 Å². The molecule has 25 heavy (non-hydrogen) atoms. The third-order valence-electron chi connectivity index (χ3n) is 4.18. The van der Waals surface area contributed by atoms with E-state index in [-0.39, 0.29) is 30.1 Å². The van der Waals surface area contributed by atoms with Gasteiger partial charge in [-0.25, -0.2) is 0 Å². The fraction of sp³-hybridized carbons (Fsp3) is 0.444. The van der Waals surface area contributed by atoms with E-state index in [4.69, 9.17) is 0 Å². The summed E-state index contributed by atoms with van der Waals surface area (Å²) >= 11 is 1.38. The topological polar surface area (TPSA) is 75.2 Å². The molecule has 1 unspecified atom stereocenters. The second-order valence-corrected chi connectivity index (χ2v) is 7.85. The highest BCUT2D eigenvalue weighted by molar-refractivity contribution is 7.15. The van der Waals surface area contributed by atoms with Gasteiger partial charge < -0.3 is 10.2 Å². The highest BCUT2D eigenvalue weighted by atomic mass is 32.1. The number of hydrogen-bond acceptors (Lipinski definition) is 5. The van der Waals surface area contributed by atoms with Crippen LogP contribution in [-0.4, -0.2) is 28.6 Å². The molecule has 2 heterocycles. The van der Waals surface area contributed by atoms with Crippen LogP contribution in [0.15, 0.2) is 18.2 Å². The summed E-state index contributed by atoms with van der Waals surface area (Å²) in [6.45, 7) is 8.46. The van der Waals surface area contributed by atoms with Gasteiger partial charge in [-0.05, 0) is 37.1 Å². The first-order valence-electron chi connectivity index (χ1n) is 8.36. The number of aromatic nitrogens is 2. The van der Waals surface area contributed by atoms with E-state index in [1.54, 1.807) is 4.90 Å². The highest BCUT2D eigenvalue weighted by Crippen LogP contribution is 2.28. The van der Waals surface area contributed by atoms with Crippen molar-refractivity contribution in [3.63, 3.8) is 0 Å². The molecule has 2 aromatic rings. The maximum atomic E-state index is 12.5. The van der Waals surface area contributed by atoms with E-state index in [1.165, 1.54) is 11.3 Å². The largest absolute Gasteiger partial charge is 0.312 e. The van der Waals surface area contributed by atoms with Crippen molar-refractivity contribution in [2.75, 3.05) is 16.8 Å². The molecule has 1 aromatic carbocycles. The molecule has 7 heteroatoms. The van der Waals surface area contributed by atoms with Crippen molar-refractivity contribution in [3.05, 3.63) is 34.3 Å². The van der Waals surface area contributed by atoms with Gasteiger partial charge in [0.25, 0.3) is 0 Å². The van der Waals surface area contributed by atoms with E-state index < -0.39 is 0 Å². The summed E-state index contributed by atoms with van der Waals surface area (Å²) in [7, 11) is 0. The molecule has 1 atom stereocenters. The van der Waals surface area contributed by atoms with Gasteiger partial charge in [0.05, 0.1) is 5.92 Å². The van der Waals surface area contributed by atoms with E-state index in [0.717, 1.165) is 21.8 Å². The first-order valence-corrected chi connectivity index (χ1v) is 9.18. The van der Waals surface area contributed by atoms with Crippen LogP contribution in [0, 0.1) is 19.8 Å². The van der Waals surface area contributed by atoms with E-state index in [9.17, 15) is 9.59 Å². The lowest BCUT2D eigenvalue weighted by molar-refractivity contribution is -0.122. The quantitative estimate of drug-likeness (QED) is 0.910. The Morgan fingerprint density at radius 1 is 1.24 bits per heavy atom. The molecule has 0 bridgehead atoms. The van der Waals surface area contributed by atoms with Gasteiger partial charge in [0.15, 0.2) is 0 Å². The fourth-order valence-corrected chi connectivity index (χ4v) is 3.71. The molecule has 2 amide bonds. The Bertz CT molecular complexity index is 795. The SMILES string of the molecule is Cc1cc(C)cc(N2CC(C(=O)Nc3nnc(C(C)C)s3)CC2=O)c1. The Kier molecular flexibility index (Phi) is 4.85. The van der Waals surface area contributed by atoms with Gasteiger partial charge in [-0.3, -0.25) is 9.59 Å². The molecule has 0 aliphatic carbocycles. The normalized spacial score (nSPS) is 17.4. The van der Waals surface area contributed by atoms with Crippen LogP contribution in [0.2, 0.25) is 0 Å². The zero-order valence-corrected chi connectivity index (χ0v) is 15.7. The Morgan fingerprint density at radius 3 is 2.52 bits per heavy atom. The molecule has 1 aliphatic heterocycles. The van der Waals surface area contributed by atoms with Crippen molar-refractivity contribution in [2.24, 2.45) is 5.92 Å². The second kappa shape index (κ2) is 6.92. The first kappa shape index (κ1) is 17.5. The standard InChI is InChI=1S/C18H22N4O2S/c1-10(2)17-20-21-18(25-17)19-16(24)13-8-15(23)22(9-13)14-6-11(3)5-12(4)7-14/h5-7,10,13H,8-9H2,1-4H3,(H,19,21,24). The lowest BCUT2D eigenvalue weighted by atomic mass is 10.1. The van der Waals surface area contributed by atoms with Crippen LogP contribution >= 0.6 is 11.3 Å². The molecular formula is C18H22N4O2S. The zero-order valence-electron chi connectivity index (χ0n) is 14.9. The molecule has 1 saturated heterocycles. The minimum absolute atomic E-state index is 0.0229. The van der Waals surface area contributed by atoms with E-state index in [2.05, 4.69) is 21.6 Å². The number of amides is 2. The number of nitrogens with one attached hydrogen (secondary N) is 1. The average Bonchev–Trinajstić information content (AvgIpc) is 3.13. The van der Waals surface area contributed by atoms with Crippen LogP contribution in [-0.2, 0) is 9.59 Å². The van der Waals surface area contributed by atoms with Gasteiger partial charge in [-0.2, -0.15) is 0 Å². The van der Waals surface area contributed by atoms with E-state index in [0.29, 0.717) is 11.7 Å². The monoisotopic (exact) mass is 358 g/mol. The number of rotatable bonds is 4. The van der Waals surface area contributed by atoms with E-state index in [1.807, 2.05) is 39.8 Å². The van der Waals surface area contributed by atoms with Crippen molar-refractivity contribution < 1.29 is 9.59 Å². The van der Waals surface area contributed by atoms with E-state index >= 15 is 0 Å². The van der Waals surface area contributed by atoms with Crippen LogP contribution in [0.3, 0.4) is 0 Å². The van der Waals surface area contributed by atoms with Gasteiger partial charge in [0.2, 0.25) is 16.9 Å². The predicted octanol–water partition coefficient (Wildman–Crippen LogP) is 3.27. The van der Waals surface area contributed by atoms with Gasteiger partial charge in [0, 0.05) is 24.6 Å². The van der Waals surface area contributed by atoms with Crippen molar-refractivity contribution in [1.29, 1.82) is 0 Å². The van der Waals surface area contributed by atoms with Crippen LogP contribution < -0.4 is 10.2 Å². The number of aryl methyl sites for hydroxylation is 2. The summed E-state index contributed by atoms with van der Waals surface area (Å²) in [5, 5.41) is 12.3. The summed E-state index contributed by atoms with van der Waals surface area (Å²) in [6.07, 6.45) is 0.217. The molecule has 1 N–H and O–H groups in total. The predicted molar refractivity (Wildman–Crippen MR) is 99.0 cm³/mol. The Hall–Kier alpha value is -2.28. The molecule has 3 rings (SSSR count). The lowest BCUT2D eigenvalue weighted by Crippen LogP contribution is -2.28. The van der Waals surface area contributed by atoms with Crippen molar-refractivity contribution in [1.82, 2.24) is 10.2 Å². The molecule has 0 spiro atoms. The molecule has 6 nitrogen and oxygen atoms in total. The molecule has 0 saturated carbocycles. The lowest BCUT2D eigenvalue weighted by Gasteiger charge is -2.18. The molecular weight excluding hydrogens is 336 g/mol. The van der Waals surface area contributed by atoms with Crippen LogP contribution in [0.5, 0.6) is 0 Å². The number of nitrogens with zero attached hydrogens (tertiary/aromatic N) is 3. The van der Waals surface area contributed by atoms with Gasteiger partial charge in [0.1, 0.15) is 5.01 Å². The third kappa shape index (κ3) is 3.87. The molecule has 132 valence electrons. The number of anilines is 2. The summed E-state index contributed by atoms with van der Waals surface area (Å²) in [5.74, 6) is -0.298. The maximum absolute atomic E-state index is 12.5. The number of carbonyl (C=O) groups excluding carboxylic acids is 2. The van der Waals surface area contributed by atoms with Crippen LogP contribution in [0.4, 0.5) is 10.8 Å². The van der Waals surface area contributed by atoms with Crippen LogP contribution in [0.25, 0.3) is 0 Å². The smallest absolute Gasteiger partial charge is 0.231 e. The number of carbonyl (C=O) groups is 2. The second-order valence-electron chi connectivity index (χ2n) is 6.84. The summed E-state index contributed by atoms with van der Waals surface area (Å²) < 4.78 is 0. The van der Waals surface area contributed by atoms with Gasteiger partial charge in [-0.1, -0.05) is 31.3 Å². The molecule has 1 aromatic heterocycles. The first-order chi connectivity index (χ1) is 11.8. The Balaban J connectivity index is 1.69. The molecule has 0 radical (unpaired) electrons. The Labute approximate surface area is 151 Å². The highest BCUT2D eigenvalue weighted by Gasteiger charge is 2.35. The average molecular weight is 358 g/mol. The van der Waals surface area contributed by atoms with Crippen molar-refractivity contribution >= 4 is 34.0 Å². The Morgan fingerprint density at radius 2 is 1.92 bits per heavy atom. The zero-order chi connectivity index (χ0) is 18.1. The summed E-state index contributed by atoms with van der Waals surface area (Å²) in [5.41, 5.74) is 3.06. The third-order valence-corrected chi connectivity index (χ3v) is 5.32. The fourth-order valence-electron chi connectivity index (χ4n) is 2.97. The summed E-state index contributed by atoms with van der Waals surface area (Å²) in [4.78, 5) is 26.6. The minimum atomic E-state index is -0.375. The minimum Gasteiger partial charge on any atom is -0.312 e. The number of benzene rings is 1. The maximum Gasteiger partial charge on any atom is 0.231 e. The molecule has 1 aliphatic rings. The summed E-state index contributed by atoms with van der Waals surface area (Å²) in [6, 6.07) is 6.02. The van der Waals surface area contributed by atoms with Gasteiger partial charge >= 0.3 is 0 Å². The van der Waals surface area contributed by atoms with Gasteiger partial charge in [-0.15, -0.1) is 10.2 Å².